The van der Waals surface area contributed by atoms with Crippen molar-refractivity contribution in [3.8, 4) is 5.75 Å². The van der Waals surface area contributed by atoms with Gasteiger partial charge in [-0.3, -0.25) is 0 Å². The summed E-state index contributed by atoms with van der Waals surface area (Å²) in [6.45, 7) is 5.77. The van der Waals surface area contributed by atoms with E-state index in [4.69, 9.17) is 9.84 Å². The molecule has 0 amide bonds. The van der Waals surface area contributed by atoms with E-state index in [0.29, 0.717) is 12.4 Å². The molecule has 4 heteroatoms. The maximum Gasteiger partial charge on any atom is 0.337 e. The number of rotatable bonds is 5. The van der Waals surface area contributed by atoms with E-state index < -0.39 is 12.1 Å². The van der Waals surface area contributed by atoms with E-state index in [0.717, 1.165) is 5.57 Å². The zero-order valence-corrected chi connectivity index (χ0v) is 9.01. The van der Waals surface area contributed by atoms with Crippen LogP contribution >= 0.6 is 0 Å². The highest BCUT2D eigenvalue weighted by Crippen LogP contribution is 2.25. The molecule has 0 aromatic heterocycles. The highest BCUT2D eigenvalue weighted by Gasteiger charge is 2.19. The molecule has 0 bridgehead atoms. The van der Waals surface area contributed by atoms with Gasteiger partial charge in [-0.25, -0.2) is 4.79 Å². The maximum absolute atomic E-state index is 10.7. The fraction of sp³-hybridized carbons (Fsp3) is 0.250. The molecule has 0 aliphatic rings. The Kier molecular flexibility index (Phi) is 4.08. The van der Waals surface area contributed by atoms with Crippen molar-refractivity contribution in [1.82, 2.24) is 0 Å². The molecule has 0 spiro atoms. The number of aliphatic hydroxyl groups is 1. The molecule has 16 heavy (non-hydrogen) atoms. The van der Waals surface area contributed by atoms with Crippen LogP contribution in [0, 0.1) is 0 Å². The second-order valence-electron chi connectivity index (χ2n) is 3.52. The average molecular weight is 222 g/mol. The minimum atomic E-state index is -1.57. The normalized spacial score (nSPS) is 11.9. The summed E-state index contributed by atoms with van der Waals surface area (Å²) in [6.07, 6.45) is -1.57. The molecule has 0 fully saturated rings. The highest BCUT2D eigenvalue weighted by atomic mass is 16.5. The third-order valence-electron chi connectivity index (χ3n) is 1.92. The van der Waals surface area contributed by atoms with Gasteiger partial charge in [0.1, 0.15) is 12.4 Å². The van der Waals surface area contributed by atoms with Crippen molar-refractivity contribution in [2.75, 3.05) is 6.61 Å². The lowest BCUT2D eigenvalue weighted by atomic mass is 10.1. The van der Waals surface area contributed by atoms with Crippen LogP contribution in [0.2, 0.25) is 0 Å². The van der Waals surface area contributed by atoms with Crippen molar-refractivity contribution in [2.24, 2.45) is 0 Å². The Hall–Kier alpha value is -1.81. The van der Waals surface area contributed by atoms with Gasteiger partial charge in [0.05, 0.1) is 0 Å². The molecule has 1 unspecified atom stereocenters. The summed E-state index contributed by atoms with van der Waals surface area (Å²) in [5, 5.41) is 18.2. The number of aliphatic hydroxyl groups excluding tert-OH is 1. The number of benzene rings is 1. The van der Waals surface area contributed by atoms with Crippen molar-refractivity contribution >= 4 is 5.97 Å². The van der Waals surface area contributed by atoms with E-state index in [2.05, 4.69) is 6.58 Å². The number of carbonyl (C=O) groups is 1. The van der Waals surface area contributed by atoms with E-state index in [1.165, 1.54) is 6.07 Å². The van der Waals surface area contributed by atoms with Crippen LogP contribution in [0.25, 0.3) is 0 Å². The van der Waals surface area contributed by atoms with E-state index in [9.17, 15) is 9.90 Å². The SMILES string of the molecule is C=C(C)COc1ccccc1C(O)C(=O)O. The molecular weight excluding hydrogens is 208 g/mol. The Bertz CT molecular complexity index is 398. The molecule has 0 saturated carbocycles. The topological polar surface area (TPSA) is 66.8 Å². The Balaban J connectivity index is 2.91. The number of carboxylic acids is 1. The maximum atomic E-state index is 10.7. The summed E-state index contributed by atoms with van der Waals surface area (Å²) in [6, 6.07) is 6.50. The van der Waals surface area contributed by atoms with Crippen molar-refractivity contribution < 1.29 is 19.7 Å². The molecule has 0 heterocycles. The van der Waals surface area contributed by atoms with E-state index in [1.807, 2.05) is 0 Å². The van der Waals surface area contributed by atoms with Gasteiger partial charge in [-0.15, -0.1) is 0 Å². The Labute approximate surface area is 93.8 Å². The first kappa shape index (κ1) is 12.3. The molecule has 0 aliphatic heterocycles. The number of hydrogen-bond acceptors (Lipinski definition) is 3. The van der Waals surface area contributed by atoms with Crippen LogP contribution in [0.5, 0.6) is 5.75 Å². The fourth-order valence-electron chi connectivity index (χ4n) is 1.17. The minimum Gasteiger partial charge on any atom is -0.489 e. The zero-order valence-electron chi connectivity index (χ0n) is 9.01. The number of hydrogen-bond donors (Lipinski definition) is 2. The quantitative estimate of drug-likeness (QED) is 0.745. The van der Waals surface area contributed by atoms with Crippen LogP contribution in [-0.2, 0) is 4.79 Å². The molecule has 1 rings (SSSR count). The van der Waals surface area contributed by atoms with Gasteiger partial charge >= 0.3 is 5.97 Å². The number of aliphatic carboxylic acids is 1. The molecule has 2 N–H and O–H groups in total. The number of ether oxygens (including phenoxy) is 1. The lowest BCUT2D eigenvalue weighted by Crippen LogP contribution is -2.12. The summed E-state index contributed by atoms with van der Waals surface area (Å²) in [5.74, 6) is -0.938. The second-order valence-corrected chi connectivity index (χ2v) is 3.52. The summed E-state index contributed by atoms with van der Waals surface area (Å²) >= 11 is 0. The molecule has 0 aliphatic carbocycles. The predicted octanol–water partition coefficient (Wildman–Crippen LogP) is 1.76. The van der Waals surface area contributed by atoms with Gasteiger partial charge in [0.2, 0.25) is 0 Å². The van der Waals surface area contributed by atoms with Gasteiger partial charge in [0.25, 0.3) is 0 Å². The standard InChI is InChI=1S/C12H14O4/c1-8(2)7-16-10-6-4-3-5-9(10)11(13)12(14)15/h3-6,11,13H,1,7H2,2H3,(H,14,15). The molecule has 4 nitrogen and oxygen atoms in total. The first-order valence-corrected chi connectivity index (χ1v) is 4.79. The van der Waals surface area contributed by atoms with Gasteiger partial charge in [-0.2, -0.15) is 0 Å². The fourth-order valence-corrected chi connectivity index (χ4v) is 1.17. The lowest BCUT2D eigenvalue weighted by molar-refractivity contribution is -0.147. The molecule has 0 radical (unpaired) electrons. The van der Waals surface area contributed by atoms with E-state index in [1.54, 1.807) is 25.1 Å². The highest BCUT2D eigenvalue weighted by molar-refractivity contribution is 5.75. The Morgan fingerprint density at radius 2 is 2.12 bits per heavy atom. The summed E-state index contributed by atoms with van der Waals surface area (Å²) in [4.78, 5) is 10.7. The van der Waals surface area contributed by atoms with Gasteiger partial charge in [-0.05, 0) is 18.6 Å². The Morgan fingerprint density at radius 3 is 2.69 bits per heavy atom. The van der Waals surface area contributed by atoms with Gasteiger partial charge in [0, 0.05) is 5.56 Å². The molecule has 1 aromatic carbocycles. The smallest absolute Gasteiger partial charge is 0.337 e. The third-order valence-corrected chi connectivity index (χ3v) is 1.92. The van der Waals surface area contributed by atoms with E-state index >= 15 is 0 Å². The molecule has 86 valence electrons. The molecular formula is C12H14O4. The van der Waals surface area contributed by atoms with Crippen LogP contribution in [0.4, 0.5) is 0 Å². The largest absolute Gasteiger partial charge is 0.489 e. The summed E-state index contributed by atoms with van der Waals surface area (Å²) in [7, 11) is 0. The van der Waals surface area contributed by atoms with Crippen LogP contribution in [-0.4, -0.2) is 22.8 Å². The van der Waals surface area contributed by atoms with E-state index in [-0.39, 0.29) is 5.56 Å². The van der Waals surface area contributed by atoms with Crippen LogP contribution in [0.15, 0.2) is 36.4 Å². The summed E-state index contributed by atoms with van der Waals surface area (Å²) in [5.41, 5.74) is 1.07. The second kappa shape index (κ2) is 5.32. The van der Waals surface area contributed by atoms with Gasteiger partial charge in [0.15, 0.2) is 6.10 Å². The molecule has 1 atom stereocenters. The number of carboxylic acid groups (broad SMARTS) is 1. The summed E-state index contributed by atoms with van der Waals surface area (Å²) < 4.78 is 5.35. The van der Waals surface area contributed by atoms with Crippen molar-refractivity contribution in [1.29, 1.82) is 0 Å². The first-order chi connectivity index (χ1) is 7.52. The lowest BCUT2D eigenvalue weighted by Gasteiger charge is -2.13. The first-order valence-electron chi connectivity index (χ1n) is 4.79. The zero-order chi connectivity index (χ0) is 12.1. The average Bonchev–Trinajstić information content (AvgIpc) is 2.25. The monoisotopic (exact) mass is 222 g/mol. The third kappa shape index (κ3) is 3.10. The molecule has 1 aromatic rings. The Morgan fingerprint density at radius 1 is 1.50 bits per heavy atom. The van der Waals surface area contributed by atoms with Crippen molar-refractivity contribution in [2.45, 2.75) is 13.0 Å². The van der Waals surface area contributed by atoms with Gasteiger partial charge < -0.3 is 14.9 Å². The van der Waals surface area contributed by atoms with Crippen LogP contribution < -0.4 is 4.74 Å². The van der Waals surface area contributed by atoms with Crippen LogP contribution in [0.1, 0.15) is 18.6 Å². The van der Waals surface area contributed by atoms with Crippen molar-refractivity contribution in [3.05, 3.63) is 42.0 Å². The molecule has 0 saturated heterocycles. The van der Waals surface area contributed by atoms with Gasteiger partial charge in [-0.1, -0.05) is 24.8 Å². The van der Waals surface area contributed by atoms with Crippen LogP contribution in [0.3, 0.4) is 0 Å². The minimum absolute atomic E-state index is 0.247. The van der Waals surface area contributed by atoms with Crippen molar-refractivity contribution in [3.63, 3.8) is 0 Å². The number of para-hydroxylation sites is 1. The predicted molar refractivity (Wildman–Crippen MR) is 59.3 cm³/mol.